The molecule has 0 unspecified atom stereocenters. The molecule has 0 bridgehead atoms. The number of hydrogen-bond donors (Lipinski definition) is 1. The van der Waals surface area contributed by atoms with Gasteiger partial charge in [-0.05, 0) is 18.2 Å². The summed E-state index contributed by atoms with van der Waals surface area (Å²) < 4.78 is 40.7. The number of aromatic nitrogens is 2. The predicted octanol–water partition coefficient (Wildman–Crippen LogP) is 1.40. The van der Waals surface area contributed by atoms with Gasteiger partial charge in [0.1, 0.15) is 11.3 Å². The fourth-order valence-corrected chi connectivity index (χ4v) is 2.77. The Labute approximate surface area is 135 Å². The molecule has 128 valence electrons. The van der Waals surface area contributed by atoms with Crippen molar-refractivity contribution in [1.82, 2.24) is 19.8 Å². The van der Waals surface area contributed by atoms with Crippen molar-refractivity contribution in [2.45, 2.75) is 19.1 Å². The van der Waals surface area contributed by atoms with Gasteiger partial charge in [-0.25, -0.2) is 4.98 Å². The van der Waals surface area contributed by atoms with E-state index in [1.165, 1.54) is 11.1 Å². The summed E-state index contributed by atoms with van der Waals surface area (Å²) in [5, 5.41) is 2.96. The maximum Gasteiger partial charge on any atom is 0.431 e. The van der Waals surface area contributed by atoms with Crippen LogP contribution in [-0.4, -0.2) is 45.9 Å². The van der Waals surface area contributed by atoms with Crippen LogP contribution in [0.5, 0.6) is 0 Å². The Kier molecular flexibility index (Phi) is 4.16. The first-order valence-corrected chi connectivity index (χ1v) is 7.42. The fourth-order valence-electron chi connectivity index (χ4n) is 2.77. The zero-order chi connectivity index (χ0) is 17.3. The van der Waals surface area contributed by atoms with Crippen LogP contribution in [0.3, 0.4) is 0 Å². The second-order valence-corrected chi connectivity index (χ2v) is 5.51. The number of hydrogen-bond acceptors (Lipinski definition) is 3. The number of nitrogens with zero attached hydrogens (tertiary/aromatic N) is 3. The minimum atomic E-state index is -4.53. The highest BCUT2D eigenvalue weighted by Crippen LogP contribution is 2.33. The Balaban J connectivity index is 1.81. The Hall–Kier alpha value is -2.58. The molecule has 2 aromatic heterocycles. The largest absolute Gasteiger partial charge is 0.431 e. The van der Waals surface area contributed by atoms with Crippen molar-refractivity contribution in [2.24, 2.45) is 0 Å². The quantitative estimate of drug-likeness (QED) is 0.919. The number of aryl methyl sites for hydroxylation is 1. The third-order valence-electron chi connectivity index (χ3n) is 3.89. The molecule has 0 radical (unpaired) electrons. The molecule has 1 N–H and O–H groups in total. The molecule has 3 rings (SSSR count). The summed E-state index contributed by atoms with van der Waals surface area (Å²) in [6, 6.07) is 4.14. The lowest BCUT2D eigenvalue weighted by atomic mass is 10.3. The molecule has 9 heteroatoms. The number of alkyl halides is 3. The van der Waals surface area contributed by atoms with Crippen LogP contribution in [0.4, 0.5) is 13.2 Å². The third kappa shape index (κ3) is 3.19. The summed E-state index contributed by atoms with van der Waals surface area (Å²) in [4.78, 5) is 28.8. The van der Waals surface area contributed by atoms with E-state index < -0.39 is 11.9 Å². The number of piperazine rings is 1. The van der Waals surface area contributed by atoms with E-state index >= 15 is 0 Å². The van der Waals surface area contributed by atoms with Crippen LogP contribution in [0.25, 0.3) is 11.0 Å². The Bertz CT molecular complexity index is 785. The number of halogens is 3. The lowest BCUT2D eigenvalue weighted by Gasteiger charge is -2.26. The smallest absolute Gasteiger partial charge is 0.353 e. The van der Waals surface area contributed by atoms with Crippen LogP contribution < -0.4 is 5.32 Å². The molecule has 1 saturated heterocycles. The first-order valence-electron chi connectivity index (χ1n) is 7.42. The summed E-state index contributed by atoms with van der Waals surface area (Å²) in [6.07, 6.45) is -3.25. The van der Waals surface area contributed by atoms with E-state index in [2.05, 4.69) is 10.3 Å². The molecule has 6 nitrogen and oxygen atoms in total. The van der Waals surface area contributed by atoms with Crippen molar-refractivity contribution >= 4 is 22.8 Å². The maximum absolute atomic E-state index is 13.2. The second-order valence-electron chi connectivity index (χ2n) is 5.51. The van der Waals surface area contributed by atoms with Gasteiger partial charge >= 0.3 is 6.18 Å². The molecule has 2 aromatic rings. The molecule has 0 spiro atoms. The second kappa shape index (κ2) is 6.14. The zero-order valence-corrected chi connectivity index (χ0v) is 12.6. The van der Waals surface area contributed by atoms with Gasteiger partial charge in [-0.3, -0.25) is 9.59 Å². The predicted molar refractivity (Wildman–Crippen MR) is 78.9 cm³/mol. The molecular formula is C15H15F3N4O2. The van der Waals surface area contributed by atoms with Crippen molar-refractivity contribution in [3.05, 3.63) is 30.1 Å². The number of nitrogens with one attached hydrogen (secondary N) is 1. The van der Waals surface area contributed by atoms with Crippen molar-refractivity contribution in [3.8, 4) is 0 Å². The van der Waals surface area contributed by atoms with Crippen LogP contribution in [0.15, 0.2) is 24.4 Å². The zero-order valence-electron chi connectivity index (χ0n) is 12.6. The van der Waals surface area contributed by atoms with Crippen LogP contribution in [0.2, 0.25) is 0 Å². The summed E-state index contributed by atoms with van der Waals surface area (Å²) >= 11 is 0. The molecule has 2 amide bonds. The first-order chi connectivity index (χ1) is 11.4. The van der Waals surface area contributed by atoms with E-state index in [1.54, 1.807) is 12.1 Å². The monoisotopic (exact) mass is 340 g/mol. The average molecular weight is 340 g/mol. The van der Waals surface area contributed by atoms with Crippen LogP contribution in [-0.2, 0) is 22.3 Å². The normalized spacial score (nSPS) is 15.6. The molecule has 0 aliphatic carbocycles. The summed E-state index contributed by atoms with van der Waals surface area (Å²) in [7, 11) is 0. The van der Waals surface area contributed by atoms with E-state index in [0.29, 0.717) is 18.5 Å². The van der Waals surface area contributed by atoms with E-state index in [4.69, 9.17) is 0 Å². The van der Waals surface area contributed by atoms with E-state index in [0.717, 1.165) is 10.6 Å². The van der Waals surface area contributed by atoms with Crippen molar-refractivity contribution in [3.63, 3.8) is 0 Å². The highest BCUT2D eigenvalue weighted by Gasteiger charge is 2.35. The van der Waals surface area contributed by atoms with Gasteiger partial charge in [-0.2, -0.15) is 13.2 Å². The molecule has 24 heavy (non-hydrogen) atoms. The van der Waals surface area contributed by atoms with Crippen LogP contribution >= 0.6 is 0 Å². The number of fused-ring (bicyclic) bond motifs is 1. The molecule has 0 saturated carbocycles. The number of rotatable bonds is 3. The van der Waals surface area contributed by atoms with Crippen LogP contribution in [0, 0.1) is 0 Å². The van der Waals surface area contributed by atoms with E-state index in [9.17, 15) is 22.8 Å². The molecular weight excluding hydrogens is 325 g/mol. The summed E-state index contributed by atoms with van der Waals surface area (Å²) in [5.41, 5.74) is -0.644. The van der Waals surface area contributed by atoms with Gasteiger partial charge in [0.05, 0.1) is 6.54 Å². The van der Waals surface area contributed by atoms with E-state index in [-0.39, 0.29) is 37.0 Å². The van der Waals surface area contributed by atoms with Crippen molar-refractivity contribution in [1.29, 1.82) is 0 Å². The number of pyridine rings is 1. The molecule has 1 fully saturated rings. The van der Waals surface area contributed by atoms with Gasteiger partial charge < -0.3 is 14.8 Å². The standard InChI is InChI=1S/C15H15F3N4O2/c16-15(17,18)11-8-10-2-1-4-20-14(10)22(11)6-3-13(24)21-7-5-19-12(23)9-21/h1-2,4,8H,3,5-7,9H2,(H,19,23). The van der Waals surface area contributed by atoms with Gasteiger partial charge in [0.15, 0.2) is 0 Å². The highest BCUT2D eigenvalue weighted by atomic mass is 19.4. The van der Waals surface area contributed by atoms with Gasteiger partial charge in [0.2, 0.25) is 11.8 Å². The maximum atomic E-state index is 13.2. The van der Waals surface area contributed by atoms with Gasteiger partial charge in [0.25, 0.3) is 0 Å². The Morgan fingerprint density at radius 3 is 2.88 bits per heavy atom. The minimum Gasteiger partial charge on any atom is -0.353 e. The van der Waals surface area contributed by atoms with E-state index in [1.807, 2.05) is 0 Å². The van der Waals surface area contributed by atoms with Gasteiger partial charge in [-0.15, -0.1) is 0 Å². The molecule has 0 aromatic carbocycles. The Morgan fingerprint density at radius 1 is 1.38 bits per heavy atom. The topological polar surface area (TPSA) is 67.2 Å². The van der Waals surface area contributed by atoms with Gasteiger partial charge in [-0.1, -0.05) is 0 Å². The van der Waals surface area contributed by atoms with Crippen LogP contribution in [0.1, 0.15) is 12.1 Å². The highest BCUT2D eigenvalue weighted by molar-refractivity contribution is 5.86. The number of carbonyl (C=O) groups excluding carboxylic acids is 2. The number of carbonyl (C=O) groups is 2. The van der Waals surface area contributed by atoms with Crippen molar-refractivity contribution < 1.29 is 22.8 Å². The Morgan fingerprint density at radius 2 is 2.17 bits per heavy atom. The lowest BCUT2D eigenvalue weighted by Crippen LogP contribution is -2.50. The SMILES string of the molecule is O=C1CN(C(=O)CCn2c(C(F)(F)F)cc3cccnc32)CCN1. The average Bonchev–Trinajstić information content (AvgIpc) is 2.91. The molecule has 1 aliphatic rings. The number of amides is 2. The minimum absolute atomic E-state index is 0.0599. The molecule has 3 heterocycles. The first kappa shape index (κ1) is 16.3. The van der Waals surface area contributed by atoms with Crippen molar-refractivity contribution in [2.75, 3.05) is 19.6 Å². The van der Waals surface area contributed by atoms with Gasteiger partial charge in [0, 0.05) is 37.6 Å². The summed E-state index contributed by atoms with van der Waals surface area (Å²) in [6.45, 7) is 0.510. The fraction of sp³-hybridized carbons (Fsp3) is 0.400. The third-order valence-corrected chi connectivity index (χ3v) is 3.89. The molecule has 1 aliphatic heterocycles. The molecule has 0 atom stereocenters. The lowest BCUT2D eigenvalue weighted by molar-refractivity contribution is -0.144. The summed E-state index contributed by atoms with van der Waals surface area (Å²) in [5.74, 6) is -0.616.